The third kappa shape index (κ3) is 3.26. The maximum atomic E-state index is 11.9. The standard InChI is InChI=1S/C15H16N2O4/c1-9(2)17-15(18)11(7-16)4-10-5-12(19-3)14-13(6-10)20-8-21-14/h4-6,9H,8H2,1-3H3,(H,17,18)/b11-4+. The van der Waals surface area contributed by atoms with Gasteiger partial charge in [0, 0.05) is 6.04 Å². The third-order valence-electron chi connectivity index (χ3n) is 2.78. The van der Waals surface area contributed by atoms with Crippen molar-refractivity contribution in [2.75, 3.05) is 13.9 Å². The highest BCUT2D eigenvalue weighted by Gasteiger charge is 2.20. The van der Waals surface area contributed by atoms with Crippen molar-refractivity contribution in [3.8, 4) is 23.3 Å². The quantitative estimate of drug-likeness (QED) is 0.675. The summed E-state index contributed by atoms with van der Waals surface area (Å²) in [5, 5.41) is 11.8. The Balaban J connectivity index is 2.35. The second-order valence-corrected chi connectivity index (χ2v) is 4.75. The van der Waals surface area contributed by atoms with Gasteiger partial charge in [0.05, 0.1) is 7.11 Å². The maximum Gasteiger partial charge on any atom is 0.262 e. The van der Waals surface area contributed by atoms with Crippen LogP contribution in [0.15, 0.2) is 17.7 Å². The molecule has 1 amide bonds. The maximum absolute atomic E-state index is 11.9. The van der Waals surface area contributed by atoms with Crippen LogP contribution in [0.5, 0.6) is 17.2 Å². The average Bonchev–Trinajstić information content (AvgIpc) is 2.91. The molecule has 110 valence electrons. The molecule has 21 heavy (non-hydrogen) atoms. The Morgan fingerprint density at radius 3 is 2.86 bits per heavy atom. The molecule has 0 aromatic heterocycles. The second kappa shape index (κ2) is 6.18. The van der Waals surface area contributed by atoms with Crippen LogP contribution in [-0.4, -0.2) is 25.9 Å². The Bertz CT molecular complexity index is 629. The van der Waals surface area contributed by atoms with E-state index in [-0.39, 0.29) is 18.4 Å². The van der Waals surface area contributed by atoms with Gasteiger partial charge in [0.2, 0.25) is 12.5 Å². The van der Waals surface area contributed by atoms with Crippen LogP contribution in [0.25, 0.3) is 6.08 Å². The zero-order chi connectivity index (χ0) is 15.4. The number of nitrogens with one attached hydrogen (secondary N) is 1. The van der Waals surface area contributed by atoms with Gasteiger partial charge < -0.3 is 19.5 Å². The highest BCUT2D eigenvalue weighted by molar-refractivity contribution is 6.01. The van der Waals surface area contributed by atoms with Gasteiger partial charge in [-0.2, -0.15) is 5.26 Å². The lowest BCUT2D eigenvalue weighted by molar-refractivity contribution is -0.117. The number of hydrogen-bond acceptors (Lipinski definition) is 5. The Kier molecular flexibility index (Phi) is 4.33. The van der Waals surface area contributed by atoms with Crippen LogP contribution in [0.4, 0.5) is 0 Å². The van der Waals surface area contributed by atoms with Gasteiger partial charge in [-0.15, -0.1) is 0 Å². The van der Waals surface area contributed by atoms with Crippen molar-refractivity contribution in [3.05, 3.63) is 23.3 Å². The number of carbonyl (C=O) groups excluding carboxylic acids is 1. The Morgan fingerprint density at radius 1 is 1.48 bits per heavy atom. The number of benzene rings is 1. The van der Waals surface area contributed by atoms with Crippen molar-refractivity contribution in [1.82, 2.24) is 5.32 Å². The second-order valence-electron chi connectivity index (χ2n) is 4.75. The lowest BCUT2D eigenvalue weighted by Gasteiger charge is -2.08. The van der Waals surface area contributed by atoms with E-state index in [2.05, 4.69) is 5.32 Å². The molecular weight excluding hydrogens is 272 g/mol. The van der Waals surface area contributed by atoms with Crippen molar-refractivity contribution in [2.24, 2.45) is 0 Å². The van der Waals surface area contributed by atoms with Gasteiger partial charge in [0.15, 0.2) is 11.5 Å². The average molecular weight is 288 g/mol. The van der Waals surface area contributed by atoms with Crippen molar-refractivity contribution in [3.63, 3.8) is 0 Å². The molecule has 1 aliphatic rings. The highest BCUT2D eigenvalue weighted by atomic mass is 16.7. The fourth-order valence-corrected chi connectivity index (χ4v) is 1.89. The largest absolute Gasteiger partial charge is 0.493 e. The molecule has 6 heteroatoms. The molecule has 1 aliphatic heterocycles. The molecule has 0 unspecified atom stereocenters. The minimum atomic E-state index is -0.413. The van der Waals surface area contributed by atoms with Crippen molar-refractivity contribution in [2.45, 2.75) is 19.9 Å². The number of nitrogens with zero attached hydrogens (tertiary/aromatic N) is 1. The summed E-state index contributed by atoms with van der Waals surface area (Å²) in [6, 6.07) is 5.24. The van der Waals surface area contributed by atoms with Crippen LogP contribution in [-0.2, 0) is 4.79 Å². The molecule has 1 heterocycles. The van der Waals surface area contributed by atoms with Crippen molar-refractivity contribution < 1.29 is 19.0 Å². The fraction of sp³-hybridized carbons (Fsp3) is 0.333. The molecule has 0 bridgehead atoms. The molecule has 0 saturated carbocycles. The van der Waals surface area contributed by atoms with Crippen LogP contribution in [0.1, 0.15) is 19.4 Å². The summed E-state index contributed by atoms with van der Waals surface area (Å²) in [6.45, 7) is 3.78. The molecule has 0 atom stereocenters. The van der Waals surface area contributed by atoms with E-state index in [0.717, 1.165) is 0 Å². The van der Waals surface area contributed by atoms with Crippen LogP contribution in [0, 0.1) is 11.3 Å². The Hall–Kier alpha value is -2.68. The number of nitriles is 1. The van der Waals surface area contributed by atoms with Crippen molar-refractivity contribution in [1.29, 1.82) is 5.26 Å². The van der Waals surface area contributed by atoms with E-state index in [0.29, 0.717) is 22.8 Å². The predicted molar refractivity (Wildman–Crippen MR) is 76.0 cm³/mol. The molecule has 0 aliphatic carbocycles. The molecule has 1 aromatic rings. The number of hydrogen-bond donors (Lipinski definition) is 1. The summed E-state index contributed by atoms with van der Waals surface area (Å²) in [4.78, 5) is 11.9. The molecule has 1 aromatic carbocycles. The van der Waals surface area contributed by atoms with Crippen LogP contribution in [0.3, 0.4) is 0 Å². The SMILES string of the molecule is COc1cc(/C=C(\C#N)C(=O)NC(C)C)cc2c1OCO2. The molecule has 0 spiro atoms. The monoisotopic (exact) mass is 288 g/mol. The minimum absolute atomic E-state index is 0.0182. The van der Waals surface area contributed by atoms with Gasteiger partial charge in [-0.25, -0.2) is 0 Å². The molecule has 0 fully saturated rings. The van der Waals surface area contributed by atoms with Gasteiger partial charge in [0.25, 0.3) is 5.91 Å². The molecule has 6 nitrogen and oxygen atoms in total. The number of carbonyl (C=O) groups is 1. The van der Waals surface area contributed by atoms with Crippen LogP contribution < -0.4 is 19.5 Å². The van der Waals surface area contributed by atoms with E-state index in [1.54, 1.807) is 12.1 Å². The lowest BCUT2D eigenvalue weighted by Crippen LogP contribution is -2.30. The zero-order valence-electron chi connectivity index (χ0n) is 12.1. The highest BCUT2D eigenvalue weighted by Crippen LogP contribution is 2.42. The summed E-state index contributed by atoms with van der Waals surface area (Å²) in [6.07, 6.45) is 1.49. The molecule has 1 N–H and O–H groups in total. The van der Waals surface area contributed by atoms with Crippen molar-refractivity contribution >= 4 is 12.0 Å². The number of methoxy groups -OCH3 is 1. The van der Waals surface area contributed by atoms with E-state index >= 15 is 0 Å². The molecule has 2 rings (SSSR count). The molecular formula is C15H16N2O4. The summed E-state index contributed by atoms with van der Waals surface area (Å²) < 4.78 is 15.8. The number of ether oxygens (including phenoxy) is 3. The first-order chi connectivity index (χ1) is 10.0. The predicted octanol–water partition coefficient (Wildman–Crippen LogP) is 1.86. The van der Waals surface area contributed by atoms with E-state index in [9.17, 15) is 4.79 Å². The summed E-state index contributed by atoms with van der Waals surface area (Å²) in [7, 11) is 1.52. The third-order valence-corrected chi connectivity index (χ3v) is 2.78. The molecule has 0 saturated heterocycles. The molecule has 0 radical (unpaired) electrons. The van der Waals surface area contributed by atoms with Gasteiger partial charge in [-0.05, 0) is 37.6 Å². The lowest BCUT2D eigenvalue weighted by atomic mass is 10.1. The summed E-state index contributed by atoms with van der Waals surface area (Å²) in [5.41, 5.74) is 0.649. The summed E-state index contributed by atoms with van der Waals surface area (Å²) >= 11 is 0. The fourth-order valence-electron chi connectivity index (χ4n) is 1.89. The minimum Gasteiger partial charge on any atom is -0.493 e. The summed E-state index contributed by atoms with van der Waals surface area (Å²) in [5.74, 6) is 1.14. The first kappa shape index (κ1) is 14.7. The number of fused-ring (bicyclic) bond motifs is 1. The number of rotatable bonds is 4. The van der Waals surface area contributed by atoms with Crippen LogP contribution in [0.2, 0.25) is 0 Å². The van der Waals surface area contributed by atoms with Gasteiger partial charge in [0.1, 0.15) is 11.6 Å². The van der Waals surface area contributed by atoms with Gasteiger partial charge in [-0.1, -0.05) is 0 Å². The topological polar surface area (TPSA) is 80.6 Å². The first-order valence-corrected chi connectivity index (χ1v) is 6.45. The first-order valence-electron chi connectivity index (χ1n) is 6.45. The smallest absolute Gasteiger partial charge is 0.262 e. The normalized spacial score (nSPS) is 13.0. The number of amides is 1. The van der Waals surface area contributed by atoms with Gasteiger partial charge >= 0.3 is 0 Å². The Labute approximate surface area is 122 Å². The van der Waals surface area contributed by atoms with Gasteiger partial charge in [-0.3, -0.25) is 4.79 Å². The van der Waals surface area contributed by atoms with E-state index in [1.807, 2.05) is 19.9 Å². The van der Waals surface area contributed by atoms with Crippen LogP contribution >= 0.6 is 0 Å². The van der Waals surface area contributed by atoms with E-state index < -0.39 is 5.91 Å². The zero-order valence-corrected chi connectivity index (χ0v) is 12.1. The Morgan fingerprint density at radius 2 is 2.24 bits per heavy atom. The van der Waals surface area contributed by atoms with E-state index in [1.165, 1.54) is 13.2 Å². The van der Waals surface area contributed by atoms with E-state index in [4.69, 9.17) is 19.5 Å².